The number of methoxy groups -OCH3 is 1. The fraction of sp³-hybridized carbons (Fsp3) is 0.200. The van der Waals surface area contributed by atoms with Crippen molar-refractivity contribution >= 4 is 39.0 Å². The van der Waals surface area contributed by atoms with Crippen LogP contribution in [-0.4, -0.2) is 27.5 Å². The molecule has 2 aromatic rings. The van der Waals surface area contributed by atoms with Crippen LogP contribution in [0.5, 0.6) is 0 Å². The first-order valence-electron chi connectivity index (χ1n) is 6.68. The average molecular weight is 368 g/mol. The van der Waals surface area contributed by atoms with Crippen molar-refractivity contribution in [3.8, 4) is 0 Å². The van der Waals surface area contributed by atoms with Gasteiger partial charge in [-0.3, -0.25) is 4.72 Å². The van der Waals surface area contributed by atoms with Crippen LogP contribution >= 0.6 is 11.3 Å². The van der Waals surface area contributed by atoms with Crippen LogP contribution in [0.2, 0.25) is 0 Å². The Bertz CT molecular complexity index is 914. The van der Waals surface area contributed by atoms with E-state index in [9.17, 15) is 23.1 Å². The van der Waals surface area contributed by atoms with Crippen LogP contribution in [0, 0.1) is 13.8 Å². The second-order valence-corrected chi connectivity index (χ2v) is 7.53. The maximum absolute atomic E-state index is 12.6. The number of esters is 1. The van der Waals surface area contributed by atoms with E-state index in [4.69, 9.17) is 0 Å². The third-order valence-corrected chi connectivity index (χ3v) is 5.81. The van der Waals surface area contributed by atoms with Crippen molar-refractivity contribution in [3.63, 3.8) is 0 Å². The molecule has 1 aromatic carbocycles. The number of hydrogen-bond donors (Lipinski definition) is 1. The Morgan fingerprint density at radius 2 is 1.92 bits per heavy atom. The monoisotopic (exact) mass is 368 g/mol. The zero-order valence-electron chi connectivity index (χ0n) is 13.1. The largest absolute Gasteiger partial charge is 0.545 e. The first-order chi connectivity index (χ1) is 11.2. The molecule has 1 heterocycles. The number of sulfonamides is 1. The van der Waals surface area contributed by atoms with E-state index in [1.54, 1.807) is 19.2 Å². The number of carboxylic acid groups (broad SMARTS) is 1. The number of benzene rings is 1. The van der Waals surface area contributed by atoms with E-state index in [-0.39, 0.29) is 21.0 Å². The molecule has 2 rings (SSSR count). The highest BCUT2D eigenvalue weighted by atomic mass is 32.2. The van der Waals surface area contributed by atoms with E-state index in [0.29, 0.717) is 11.1 Å². The second-order valence-electron chi connectivity index (χ2n) is 4.96. The van der Waals surface area contributed by atoms with Gasteiger partial charge >= 0.3 is 5.97 Å². The van der Waals surface area contributed by atoms with Gasteiger partial charge in [0.15, 0.2) is 0 Å². The quantitative estimate of drug-likeness (QED) is 0.797. The zero-order valence-corrected chi connectivity index (χ0v) is 14.7. The number of rotatable bonds is 5. The molecule has 1 N–H and O–H groups in total. The molecule has 0 aliphatic heterocycles. The van der Waals surface area contributed by atoms with Gasteiger partial charge in [-0.25, -0.2) is 13.2 Å². The van der Waals surface area contributed by atoms with Crippen molar-refractivity contribution < 1.29 is 27.9 Å². The first kappa shape index (κ1) is 18.0. The van der Waals surface area contributed by atoms with Crippen LogP contribution in [0.15, 0.2) is 28.5 Å². The molecule has 0 fully saturated rings. The molecule has 9 heteroatoms. The highest BCUT2D eigenvalue weighted by Crippen LogP contribution is 2.28. The summed E-state index contributed by atoms with van der Waals surface area (Å²) < 4.78 is 32.2. The Balaban J connectivity index is 2.51. The van der Waals surface area contributed by atoms with E-state index >= 15 is 0 Å². The van der Waals surface area contributed by atoms with Gasteiger partial charge in [0, 0.05) is 0 Å². The molecule has 0 unspecified atom stereocenters. The molecule has 0 amide bonds. The molecule has 0 radical (unpaired) electrons. The van der Waals surface area contributed by atoms with Crippen LogP contribution in [0.3, 0.4) is 0 Å². The number of nitrogens with one attached hydrogen (secondary N) is 1. The molecule has 0 atom stereocenters. The molecule has 0 aliphatic rings. The number of carbonyl (C=O) groups is 2. The van der Waals surface area contributed by atoms with Gasteiger partial charge in [0.05, 0.1) is 23.7 Å². The van der Waals surface area contributed by atoms with Gasteiger partial charge in [0.25, 0.3) is 10.0 Å². The number of ether oxygens (including phenoxy) is 1. The van der Waals surface area contributed by atoms with Crippen molar-refractivity contribution in [2.45, 2.75) is 18.7 Å². The molecule has 1 aromatic heterocycles. The lowest BCUT2D eigenvalue weighted by atomic mass is 10.1. The Labute approximate surface area is 142 Å². The Morgan fingerprint density at radius 1 is 1.25 bits per heavy atom. The summed E-state index contributed by atoms with van der Waals surface area (Å²) in [6.07, 6.45) is 0. The number of hydrogen-bond acceptors (Lipinski definition) is 7. The van der Waals surface area contributed by atoms with Crippen LogP contribution in [0.4, 0.5) is 5.69 Å². The average Bonchev–Trinajstić information content (AvgIpc) is 2.95. The summed E-state index contributed by atoms with van der Waals surface area (Å²) >= 11 is 1.03. The molecule has 0 spiro atoms. The van der Waals surface area contributed by atoms with Gasteiger partial charge in [-0.05, 0) is 54.1 Å². The number of aryl methyl sites for hydroxylation is 1. The second kappa shape index (κ2) is 6.62. The predicted molar refractivity (Wildman–Crippen MR) is 86.7 cm³/mol. The first-order valence-corrected chi connectivity index (χ1v) is 9.05. The summed E-state index contributed by atoms with van der Waals surface area (Å²) in [7, 11) is -2.91. The van der Waals surface area contributed by atoms with E-state index < -0.39 is 22.0 Å². The van der Waals surface area contributed by atoms with Crippen molar-refractivity contribution in [1.29, 1.82) is 0 Å². The molecule has 0 saturated carbocycles. The molecular formula is C15H14NO6S2-. The topological polar surface area (TPSA) is 113 Å². The smallest absolute Gasteiger partial charge is 0.350 e. The third kappa shape index (κ3) is 3.41. The fourth-order valence-corrected chi connectivity index (χ4v) is 4.31. The molecular weight excluding hydrogens is 354 g/mol. The third-order valence-electron chi connectivity index (χ3n) is 3.43. The van der Waals surface area contributed by atoms with Crippen LogP contribution in [0.25, 0.3) is 0 Å². The molecule has 0 saturated heterocycles. The fourth-order valence-electron chi connectivity index (χ4n) is 2.06. The Hall–Kier alpha value is -2.39. The zero-order chi connectivity index (χ0) is 18.1. The molecule has 0 bridgehead atoms. The SMILES string of the molecule is COC(=O)c1sccc1NS(=O)(=O)c1cc(C(=O)[O-])cc(C)c1C. The van der Waals surface area contributed by atoms with Gasteiger partial charge in [-0.2, -0.15) is 0 Å². The van der Waals surface area contributed by atoms with E-state index in [0.717, 1.165) is 17.4 Å². The molecule has 0 aliphatic carbocycles. The highest BCUT2D eigenvalue weighted by molar-refractivity contribution is 7.92. The van der Waals surface area contributed by atoms with Gasteiger partial charge < -0.3 is 14.6 Å². The van der Waals surface area contributed by atoms with Crippen LogP contribution in [0.1, 0.15) is 31.2 Å². The minimum absolute atomic E-state index is 0.0720. The normalized spacial score (nSPS) is 11.1. The Morgan fingerprint density at radius 3 is 2.50 bits per heavy atom. The molecule has 7 nitrogen and oxygen atoms in total. The summed E-state index contributed by atoms with van der Waals surface area (Å²) in [6, 6.07) is 3.80. The van der Waals surface area contributed by atoms with Crippen LogP contribution in [-0.2, 0) is 14.8 Å². The van der Waals surface area contributed by atoms with Gasteiger partial charge in [0.2, 0.25) is 0 Å². The Kier molecular flexibility index (Phi) is 4.95. The maximum atomic E-state index is 12.6. The number of aromatic carboxylic acids is 1. The summed E-state index contributed by atoms with van der Waals surface area (Å²) in [6.45, 7) is 3.17. The predicted octanol–water partition coefficient (Wildman–Crippen LogP) is 1.32. The molecule has 128 valence electrons. The van der Waals surface area contributed by atoms with Crippen molar-refractivity contribution in [1.82, 2.24) is 0 Å². The lowest BCUT2D eigenvalue weighted by molar-refractivity contribution is -0.255. The lowest BCUT2D eigenvalue weighted by Crippen LogP contribution is -2.24. The minimum atomic E-state index is -4.10. The lowest BCUT2D eigenvalue weighted by Gasteiger charge is -2.14. The van der Waals surface area contributed by atoms with Crippen molar-refractivity contribution in [3.05, 3.63) is 45.1 Å². The number of carboxylic acids is 1. The van der Waals surface area contributed by atoms with Crippen molar-refractivity contribution in [2.24, 2.45) is 0 Å². The van der Waals surface area contributed by atoms with E-state index in [1.807, 2.05) is 0 Å². The number of carbonyl (C=O) groups excluding carboxylic acids is 2. The maximum Gasteiger partial charge on any atom is 0.350 e. The van der Waals surface area contributed by atoms with Gasteiger partial charge in [0.1, 0.15) is 4.88 Å². The van der Waals surface area contributed by atoms with E-state index in [1.165, 1.54) is 19.2 Å². The van der Waals surface area contributed by atoms with Gasteiger partial charge in [-0.15, -0.1) is 11.3 Å². The minimum Gasteiger partial charge on any atom is -0.545 e. The summed E-state index contributed by atoms with van der Waals surface area (Å²) in [4.78, 5) is 22.6. The summed E-state index contributed by atoms with van der Waals surface area (Å²) in [5, 5.41) is 12.6. The van der Waals surface area contributed by atoms with Crippen molar-refractivity contribution in [2.75, 3.05) is 11.8 Å². The highest BCUT2D eigenvalue weighted by Gasteiger charge is 2.23. The number of thiophene rings is 1. The summed E-state index contributed by atoms with van der Waals surface area (Å²) in [5.74, 6) is -2.14. The van der Waals surface area contributed by atoms with Crippen LogP contribution < -0.4 is 9.83 Å². The number of anilines is 1. The standard InChI is InChI=1S/C15H15NO6S2/c1-8-6-10(14(17)18)7-12(9(8)2)24(20,21)16-11-4-5-23-13(11)15(19)22-3/h4-7,16H,1-3H3,(H,17,18)/p-1. The van der Waals surface area contributed by atoms with Gasteiger partial charge in [-0.1, -0.05) is 0 Å². The summed E-state index contributed by atoms with van der Waals surface area (Å²) in [5.41, 5.74) is 0.734. The van der Waals surface area contributed by atoms with E-state index in [2.05, 4.69) is 9.46 Å². The molecule has 24 heavy (non-hydrogen) atoms.